The summed E-state index contributed by atoms with van der Waals surface area (Å²) in [5.74, 6) is 2.35. The zero-order valence-electron chi connectivity index (χ0n) is 18.1. The fraction of sp³-hybridized carbons (Fsp3) is 0.414. The lowest BCUT2D eigenvalue weighted by Gasteiger charge is -2.56. The minimum atomic E-state index is -0.649. The van der Waals surface area contributed by atoms with Gasteiger partial charge in [0.05, 0.1) is 5.92 Å². The highest BCUT2D eigenvalue weighted by molar-refractivity contribution is 5.96. The Bertz CT molecular complexity index is 1210. The Balaban J connectivity index is 1.38. The summed E-state index contributed by atoms with van der Waals surface area (Å²) >= 11 is 0. The molecule has 8 rings (SSSR count). The van der Waals surface area contributed by atoms with Gasteiger partial charge in [-0.05, 0) is 84.7 Å². The van der Waals surface area contributed by atoms with Crippen molar-refractivity contribution < 1.29 is 13.9 Å². The minimum Gasteiger partial charge on any atom is -0.481 e. The van der Waals surface area contributed by atoms with Crippen LogP contribution in [0.4, 0.5) is 4.39 Å². The predicted molar refractivity (Wildman–Crippen MR) is 122 cm³/mol. The lowest BCUT2D eigenvalue weighted by molar-refractivity contribution is -0.151. The number of rotatable bonds is 3. The Kier molecular flexibility index (Phi) is 3.93. The van der Waals surface area contributed by atoms with Crippen molar-refractivity contribution >= 4 is 16.6 Å². The molecule has 5 aliphatic rings. The van der Waals surface area contributed by atoms with Gasteiger partial charge in [-0.2, -0.15) is 0 Å². The molecule has 0 N–H and O–H groups in total. The monoisotopic (exact) mass is 426 g/mol. The fourth-order valence-electron chi connectivity index (χ4n) is 8.02. The van der Waals surface area contributed by atoms with Crippen molar-refractivity contribution in [3.05, 3.63) is 77.6 Å². The number of ether oxygens (including phenoxy) is 1. The average Bonchev–Trinajstić information content (AvgIpc) is 3.18. The average molecular weight is 427 g/mol. The molecule has 0 amide bonds. The molecule has 3 heteroatoms. The van der Waals surface area contributed by atoms with Gasteiger partial charge in [0, 0.05) is 11.0 Å². The van der Waals surface area contributed by atoms with Crippen molar-refractivity contribution in [1.82, 2.24) is 0 Å². The Hall–Kier alpha value is -2.68. The van der Waals surface area contributed by atoms with E-state index in [1.165, 1.54) is 25.3 Å². The molecule has 0 spiro atoms. The molecule has 0 radical (unpaired) electrons. The van der Waals surface area contributed by atoms with Crippen LogP contribution < -0.4 is 4.74 Å². The quantitative estimate of drug-likeness (QED) is 0.468. The molecular formula is C29H27FO2. The van der Waals surface area contributed by atoms with E-state index in [1.54, 1.807) is 6.07 Å². The van der Waals surface area contributed by atoms with Crippen LogP contribution >= 0.6 is 0 Å². The molecule has 2 atom stereocenters. The number of carbonyl (C=O) groups is 1. The zero-order chi connectivity index (χ0) is 21.4. The van der Waals surface area contributed by atoms with Gasteiger partial charge in [-0.15, -0.1) is 0 Å². The number of Topliss-reactive ketones (excluding diaryl/α,β-unsaturated/α-hetero) is 1. The van der Waals surface area contributed by atoms with Gasteiger partial charge in [-0.25, -0.2) is 4.39 Å². The summed E-state index contributed by atoms with van der Waals surface area (Å²) < 4.78 is 21.6. The summed E-state index contributed by atoms with van der Waals surface area (Å²) in [7, 11) is 0. The highest BCUT2D eigenvalue weighted by atomic mass is 19.1. The molecule has 0 aromatic heterocycles. The van der Waals surface area contributed by atoms with E-state index in [-0.39, 0.29) is 17.0 Å². The number of hydrogen-bond acceptors (Lipinski definition) is 2. The van der Waals surface area contributed by atoms with Crippen LogP contribution in [0, 0.1) is 29.0 Å². The summed E-state index contributed by atoms with van der Waals surface area (Å²) in [4.78, 5) is 14.4. The number of fused-ring (bicyclic) bond motifs is 3. The summed E-state index contributed by atoms with van der Waals surface area (Å²) in [6.07, 6.45) is 6.22. The van der Waals surface area contributed by atoms with Gasteiger partial charge < -0.3 is 4.74 Å². The van der Waals surface area contributed by atoms with Gasteiger partial charge in [0.15, 0.2) is 11.9 Å². The lowest BCUT2D eigenvalue weighted by atomic mass is 9.48. The van der Waals surface area contributed by atoms with E-state index in [4.69, 9.17) is 4.74 Å². The molecule has 1 aliphatic heterocycles. The van der Waals surface area contributed by atoms with E-state index >= 15 is 4.39 Å². The normalized spacial score (nSPS) is 34.5. The lowest BCUT2D eigenvalue weighted by Crippen LogP contribution is -2.54. The Morgan fingerprint density at radius 1 is 0.844 bits per heavy atom. The fourth-order valence-corrected chi connectivity index (χ4v) is 8.02. The Morgan fingerprint density at radius 2 is 1.50 bits per heavy atom. The molecule has 2 nitrogen and oxygen atoms in total. The standard InChI is InChI=1S/C29H27FO2/c30-23-8-4-3-7-22(23)26-25-21-6-2-1-5-20(21)9-10-24(25)32-27(26)28(31)29-14-17-11-18(15-29)13-19(12-17)16-29/h1-10,17-19,26-27H,11-16H2/t17?,18?,19?,26-,27-,29?/m1/s1. The molecular weight excluding hydrogens is 399 g/mol. The van der Waals surface area contributed by atoms with Gasteiger partial charge >= 0.3 is 0 Å². The van der Waals surface area contributed by atoms with Crippen molar-refractivity contribution in [1.29, 1.82) is 0 Å². The largest absolute Gasteiger partial charge is 0.481 e. The summed E-state index contributed by atoms with van der Waals surface area (Å²) in [6.45, 7) is 0. The SMILES string of the molecule is O=C([C@@H]1Oc2ccc3ccccc3c2[C@H]1c1ccccc1F)C12CC3CC(CC(C3)C1)C2. The number of ketones is 1. The Labute approximate surface area is 187 Å². The second-order valence-electron chi connectivity index (χ2n) is 10.8. The van der Waals surface area contributed by atoms with Crippen LogP contribution in [0.2, 0.25) is 0 Å². The van der Waals surface area contributed by atoms with Crippen LogP contribution in [0.15, 0.2) is 60.7 Å². The number of hydrogen-bond donors (Lipinski definition) is 0. The van der Waals surface area contributed by atoms with E-state index in [0.717, 1.165) is 41.3 Å². The van der Waals surface area contributed by atoms with Crippen molar-refractivity contribution in [2.75, 3.05) is 0 Å². The summed E-state index contributed by atoms with van der Waals surface area (Å²) in [6, 6.07) is 19.1. The van der Waals surface area contributed by atoms with Crippen LogP contribution in [0.1, 0.15) is 55.6 Å². The molecule has 3 aromatic rings. The van der Waals surface area contributed by atoms with Gasteiger partial charge in [0.1, 0.15) is 11.6 Å². The highest BCUT2D eigenvalue weighted by Crippen LogP contribution is 2.62. The van der Waals surface area contributed by atoms with Crippen LogP contribution in [-0.2, 0) is 4.79 Å². The number of carbonyl (C=O) groups excluding carboxylic acids is 1. The van der Waals surface area contributed by atoms with Crippen molar-refractivity contribution in [3.63, 3.8) is 0 Å². The smallest absolute Gasteiger partial charge is 0.180 e. The van der Waals surface area contributed by atoms with E-state index in [9.17, 15) is 4.79 Å². The van der Waals surface area contributed by atoms with Gasteiger partial charge in [-0.3, -0.25) is 4.79 Å². The third-order valence-corrected chi connectivity index (χ3v) is 8.86. The first-order valence-corrected chi connectivity index (χ1v) is 12.1. The van der Waals surface area contributed by atoms with Crippen LogP contribution in [0.3, 0.4) is 0 Å². The topological polar surface area (TPSA) is 26.3 Å². The maximum Gasteiger partial charge on any atom is 0.180 e. The predicted octanol–water partition coefficient (Wildman–Crippen LogP) is 6.66. The van der Waals surface area contributed by atoms with Crippen molar-refractivity contribution in [2.24, 2.45) is 23.2 Å². The molecule has 4 aliphatic carbocycles. The molecule has 4 saturated carbocycles. The molecule has 4 fully saturated rings. The first kappa shape index (κ1) is 18.8. The molecule has 0 unspecified atom stereocenters. The highest BCUT2D eigenvalue weighted by Gasteiger charge is 2.58. The van der Waals surface area contributed by atoms with Crippen LogP contribution in [0.25, 0.3) is 10.8 Å². The minimum absolute atomic E-state index is 0.227. The molecule has 4 bridgehead atoms. The van der Waals surface area contributed by atoms with E-state index in [1.807, 2.05) is 36.4 Å². The molecule has 1 heterocycles. The van der Waals surface area contributed by atoms with Crippen molar-refractivity contribution in [2.45, 2.75) is 50.5 Å². The third kappa shape index (κ3) is 2.60. The van der Waals surface area contributed by atoms with Crippen LogP contribution in [0.5, 0.6) is 5.75 Å². The van der Waals surface area contributed by atoms with Gasteiger partial charge in [0.25, 0.3) is 0 Å². The molecule has 0 saturated heterocycles. The number of halogens is 1. The Morgan fingerprint density at radius 3 is 2.22 bits per heavy atom. The van der Waals surface area contributed by atoms with Gasteiger partial charge in [0.2, 0.25) is 0 Å². The zero-order valence-corrected chi connectivity index (χ0v) is 18.1. The van der Waals surface area contributed by atoms with Crippen molar-refractivity contribution in [3.8, 4) is 5.75 Å². The van der Waals surface area contributed by atoms with Gasteiger partial charge in [-0.1, -0.05) is 48.5 Å². The van der Waals surface area contributed by atoms with E-state index < -0.39 is 12.0 Å². The second-order valence-corrected chi connectivity index (χ2v) is 10.8. The molecule has 162 valence electrons. The second kappa shape index (κ2) is 6.66. The summed E-state index contributed by atoms with van der Waals surface area (Å²) in [5.41, 5.74) is 1.27. The first-order valence-electron chi connectivity index (χ1n) is 12.1. The maximum absolute atomic E-state index is 15.2. The van der Waals surface area contributed by atoms with E-state index in [0.29, 0.717) is 23.3 Å². The van der Waals surface area contributed by atoms with Crippen LogP contribution in [-0.4, -0.2) is 11.9 Å². The van der Waals surface area contributed by atoms with E-state index in [2.05, 4.69) is 12.1 Å². The summed E-state index contributed by atoms with van der Waals surface area (Å²) in [5, 5.41) is 2.15. The maximum atomic E-state index is 15.2. The molecule has 3 aromatic carbocycles. The molecule has 32 heavy (non-hydrogen) atoms. The third-order valence-electron chi connectivity index (χ3n) is 8.86. The first-order chi connectivity index (χ1) is 15.6. The number of benzene rings is 3.